The third-order valence-corrected chi connectivity index (χ3v) is 3.33. The van der Waals surface area contributed by atoms with Gasteiger partial charge in [-0.15, -0.1) is 0 Å². The Labute approximate surface area is 109 Å². The standard InChI is InChI=1S/C13H24N4O/c1-2-18-10-4-8-16-9-6-15-13(16)17-7-3-5-12(14)11-17/h6,9,12H,2-5,7-8,10-11,14H2,1H3. The molecule has 1 unspecified atom stereocenters. The molecule has 0 aromatic carbocycles. The lowest BCUT2D eigenvalue weighted by atomic mass is 10.1. The van der Waals surface area contributed by atoms with E-state index in [1.807, 2.05) is 19.3 Å². The summed E-state index contributed by atoms with van der Waals surface area (Å²) in [5.74, 6) is 1.06. The van der Waals surface area contributed by atoms with E-state index in [1.54, 1.807) is 0 Å². The summed E-state index contributed by atoms with van der Waals surface area (Å²) >= 11 is 0. The van der Waals surface area contributed by atoms with Gasteiger partial charge in [0, 0.05) is 51.3 Å². The number of nitrogens with two attached hydrogens (primary N) is 1. The number of anilines is 1. The number of nitrogens with zero attached hydrogens (tertiary/aromatic N) is 3. The zero-order chi connectivity index (χ0) is 12.8. The van der Waals surface area contributed by atoms with Crippen LogP contribution in [0.5, 0.6) is 0 Å². The van der Waals surface area contributed by atoms with Crippen LogP contribution in [0.4, 0.5) is 5.95 Å². The molecule has 1 aliphatic heterocycles. The molecule has 0 radical (unpaired) electrons. The van der Waals surface area contributed by atoms with E-state index in [9.17, 15) is 0 Å². The maximum absolute atomic E-state index is 6.02. The second-order valence-electron chi connectivity index (χ2n) is 4.82. The maximum atomic E-state index is 6.02. The summed E-state index contributed by atoms with van der Waals surface area (Å²) in [4.78, 5) is 6.77. The molecule has 18 heavy (non-hydrogen) atoms. The van der Waals surface area contributed by atoms with Gasteiger partial charge in [-0.1, -0.05) is 0 Å². The Morgan fingerprint density at radius 2 is 2.44 bits per heavy atom. The van der Waals surface area contributed by atoms with Crippen LogP contribution in [-0.4, -0.2) is 41.9 Å². The average Bonchev–Trinajstić information content (AvgIpc) is 2.83. The van der Waals surface area contributed by atoms with E-state index < -0.39 is 0 Å². The Morgan fingerprint density at radius 3 is 3.22 bits per heavy atom. The van der Waals surface area contributed by atoms with E-state index in [2.05, 4.69) is 14.5 Å². The lowest BCUT2D eigenvalue weighted by molar-refractivity contribution is 0.141. The van der Waals surface area contributed by atoms with Crippen molar-refractivity contribution in [1.82, 2.24) is 9.55 Å². The van der Waals surface area contributed by atoms with Gasteiger partial charge in [0.2, 0.25) is 5.95 Å². The smallest absolute Gasteiger partial charge is 0.205 e. The molecular formula is C13H24N4O. The molecule has 1 aliphatic rings. The first-order valence-electron chi connectivity index (χ1n) is 6.90. The Bertz CT molecular complexity index is 353. The van der Waals surface area contributed by atoms with Crippen LogP contribution in [0.2, 0.25) is 0 Å². The Hall–Kier alpha value is -1.07. The zero-order valence-corrected chi connectivity index (χ0v) is 11.2. The molecule has 2 N–H and O–H groups in total. The van der Waals surface area contributed by atoms with E-state index in [0.717, 1.165) is 58.1 Å². The van der Waals surface area contributed by atoms with Crippen LogP contribution in [0.1, 0.15) is 26.2 Å². The van der Waals surface area contributed by atoms with E-state index in [1.165, 1.54) is 0 Å². The zero-order valence-electron chi connectivity index (χ0n) is 11.2. The fourth-order valence-electron chi connectivity index (χ4n) is 2.43. The number of aromatic nitrogens is 2. The number of rotatable bonds is 6. The van der Waals surface area contributed by atoms with Crippen molar-refractivity contribution in [3.05, 3.63) is 12.4 Å². The third kappa shape index (κ3) is 3.46. The molecule has 2 rings (SSSR count). The molecule has 1 fully saturated rings. The highest BCUT2D eigenvalue weighted by molar-refractivity contribution is 5.32. The van der Waals surface area contributed by atoms with Gasteiger partial charge in [-0.05, 0) is 26.2 Å². The summed E-state index contributed by atoms with van der Waals surface area (Å²) in [5, 5.41) is 0. The van der Waals surface area contributed by atoms with Crippen LogP contribution < -0.4 is 10.6 Å². The van der Waals surface area contributed by atoms with Crippen LogP contribution in [0.15, 0.2) is 12.4 Å². The summed E-state index contributed by atoms with van der Waals surface area (Å²) < 4.78 is 7.57. The molecule has 1 aromatic rings. The Balaban J connectivity index is 1.90. The molecule has 1 aromatic heterocycles. The highest BCUT2D eigenvalue weighted by Crippen LogP contribution is 2.17. The molecular weight excluding hydrogens is 228 g/mol. The van der Waals surface area contributed by atoms with E-state index in [0.29, 0.717) is 0 Å². The molecule has 0 bridgehead atoms. The lowest BCUT2D eigenvalue weighted by Crippen LogP contribution is -2.44. The van der Waals surface area contributed by atoms with Crippen molar-refractivity contribution < 1.29 is 4.74 Å². The molecule has 5 nitrogen and oxygen atoms in total. The Kier molecular flexibility index (Phi) is 5.01. The minimum atomic E-state index is 0.285. The molecule has 0 saturated carbocycles. The normalized spacial score (nSPS) is 20.3. The predicted molar refractivity (Wildman–Crippen MR) is 72.8 cm³/mol. The molecule has 0 aliphatic carbocycles. The summed E-state index contributed by atoms with van der Waals surface area (Å²) in [6.07, 6.45) is 7.23. The number of hydrogen-bond donors (Lipinski definition) is 1. The van der Waals surface area contributed by atoms with Gasteiger partial charge in [-0.25, -0.2) is 4.98 Å². The van der Waals surface area contributed by atoms with Crippen LogP contribution in [-0.2, 0) is 11.3 Å². The number of hydrogen-bond acceptors (Lipinski definition) is 4. The second-order valence-corrected chi connectivity index (χ2v) is 4.82. The molecule has 1 atom stereocenters. The van der Waals surface area contributed by atoms with Gasteiger partial charge in [0.05, 0.1) is 0 Å². The van der Waals surface area contributed by atoms with Gasteiger partial charge >= 0.3 is 0 Å². The first-order valence-corrected chi connectivity index (χ1v) is 6.90. The van der Waals surface area contributed by atoms with Crippen molar-refractivity contribution in [3.63, 3.8) is 0 Å². The number of piperidine rings is 1. The SMILES string of the molecule is CCOCCCn1ccnc1N1CCCC(N)C1. The molecule has 2 heterocycles. The molecule has 1 saturated heterocycles. The highest BCUT2D eigenvalue weighted by Gasteiger charge is 2.20. The van der Waals surface area contributed by atoms with Gasteiger partial charge in [0.15, 0.2) is 0 Å². The van der Waals surface area contributed by atoms with Gasteiger partial charge in [0.25, 0.3) is 0 Å². The van der Waals surface area contributed by atoms with Crippen molar-refractivity contribution in [2.45, 2.75) is 38.8 Å². The van der Waals surface area contributed by atoms with Crippen LogP contribution >= 0.6 is 0 Å². The number of ether oxygens (including phenoxy) is 1. The predicted octanol–water partition coefficient (Wildman–Crippen LogP) is 1.24. The van der Waals surface area contributed by atoms with E-state index in [4.69, 9.17) is 10.5 Å². The van der Waals surface area contributed by atoms with Crippen LogP contribution in [0, 0.1) is 0 Å². The minimum Gasteiger partial charge on any atom is -0.382 e. The molecule has 0 spiro atoms. The first kappa shape index (κ1) is 13.4. The first-order chi connectivity index (χ1) is 8.81. The van der Waals surface area contributed by atoms with Gasteiger partial charge < -0.3 is 19.9 Å². The summed E-state index contributed by atoms with van der Waals surface area (Å²) in [6.45, 7) is 6.57. The monoisotopic (exact) mass is 252 g/mol. The summed E-state index contributed by atoms with van der Waals surface area (Å²) in [6, 6.07) is 0.285. The van der Waals surface area contributed by atoms with E-state index >= 15 is 0 Å². The van der Waals surface area contributed by atoms with Gasteiger partial charge in [-0.3, -0.25) is 0 Å². The molecule has 102 valence electrons. The second kappa shape index (κ2) is 6.75. The fraction of sp³-hybridized carbons (Fsp3) is 0.769. The van der Waals surface area contributed by atoms with Crippen molar-refractivity contribution >= 4 is 5.95 Å². The van der Waals surface area contributed by atoms with Crippen LogP contribution in [0.25, 0.3) is 0 Å². The summed E-state index contributed by atoms with van der Waals surface area (Å²) in [7, 11) is 0. The van der Waals surface area contributed by atoms with Crippen molar-refractivity contribution in [2.75, 3.05) is 31.2 Å². The fourth-order valence-corrected chi connectivity index (χ4v) is 2.43. The van der Waals surface area contributed by atoms with Crippen molar-refractivity contribution in [3.8, 4) is 0 Å². The average molecular weight is 252 g/mol. The summed E-state index contributed by atoms with van der Waals surface area (Å²) in [5.41, 5.74) is 6.02. The maximum Gasteiger partial charge on any atom is 0.205 e. The highest BCUT2D eigenvalue weighted by atomic mass is 16.5. The van der Waals surface area contributed by atoms with E-state index in [-0.39, 0.29) is 6.04 Å². The van der Waals surface area contributed by atoms with Crippen molar-refractivity contribution in [2.24, 2.45) is 5.73 Å². The third-order valence-electron chi connectivity index (χ3n) is 3.33. The molecule has 5 heteroatoms. The van der Waals surface area contributed by atoms with Gasteiger partial charge in [0.1, 0.15) is 0 Å². The van der Waals surface area contributed by atoms with Gasteiger partial charge in [-0.2, -0.15) is 0 Å². The topological polar surface area (TPSA) is 56.3 Å². The minimum absolute atomic E-state index is 0.285. The quantitative estimate of drug-likeness (QED) is 0.774. The number of aryl methyl sites for hydroxylation is 1. The van der Waals surface area contributed by atoms with Crippen molar-refractivity contribution in [1.29, 1.82) is 0 Å². The van der Waals surface area contributed by atoms with Crippen LogP contribution in [0.3, 0.4) is 0 Å². The lowest BCUT2D eigenvalue weighted by Gasteiger charge is -2.31. The molecule has 0 amide bonds. The largest absolute Gasteiger partial charge is 0.382 e. The number of imidazole rings is 1. The Morgan fingerprint density at radius 1 is 1.56 bits per heavy atom.